The van der Waals surface area contributed by atoms with Crippen molar-refractivity contribution in [3.8, 4) is 12.3 Å². The number of carbonyl (C=O) groups excluding carboxylic acids is 1. The number of alkyl carbamates (subject to hydrolysis) is 1. The van der Waals surface area contributed by atoms with Crippen molar-refractivity contribution in [2.45, 2.75) is 26.3 Å². The zero-order valence-electron chi connectivity index (χ0n) is 8.26. The molecule has 0 saturated heterocycles. The van der Waals surface area contributed by atoms with E-state index in [2.05, 4.69) is 11.2 Å². The van der Waals surface area contributed by atoms with Gasteiger partial charge in [-0.05, 0) is 32.9 Å². The van der Waals surface area contributed by atoms with Gasteiger partial charge < -0.3 is 10.1 Å². The third kappa shape index (κ3) is 8.48. The molecule has 0 aliphatic carbocycles. The van der Waals surface area contributed by atoms with Gasteiger partial charge in [0.15, 0.2) is 0 Å². The quantitative estimate of drug-likeness (QED) is 0.658. The molecule has 72 valence electrons. The Labute approximate surface area is 79.2 Å². The molecule has 0 radical (unpaired) electrons. The largest absolute Gasteiger partial charge is 0.445 e. The molecule has 0 unspecified atom stereocenters. The van der Waals surface area contributed by atoms with Crippen LogP contribution in [0.15, 0.2) is 12.2 Å². The summed E-state index contributed by atoms with van der Waals surface area (Å²) in [6.45, 7) is 5.84. The fourth-order valence-corrected chi connectivity index (χ4v) is 0.582. The van der Waals surface area contributed by atoms with Crippen LogP contribution in [0.25, 0.3) is 0 Å². The van der Waals surface area contributed by atoms with Gasteiger partial charge in [0.25, 0.3) is 0 Å². The van der Waals surface area contributed by atoms with Crippen molar-refractivity contribution in [3.63, 3.8) is 0 Å². The Hall–Kier alpha value is -1.43. The maximum absolute atomic E-state index is 11.0. The summed E-state index contributed by atoms with van der Waals surface area (Å²) < 4.78 is 4.79. The monoisotopic (exact) mass is 181 g/mol. The first kappa shape index (κ1) is 11.6. The third-order valence-corrected chi connectivity index (χ3v) is 1.00. The van der Waals surface area contributed by atoms with Crippen LogP contribution in [0.1, 0.15) is 20.8 Å². The first-order valence-electron chi connectivity index (χ1n) is 4.02. The highest BCUT2D eigenvalue weighted by atomic mass is 16.5. The van der Waals surface area contributed by atoms with Gasteiger partial charge in [-0.25, -0.2) is 4.79 Å². The molecule has 0 aliphatic heterocycles. The van der Waals surface area contributed by atoms with E-state index in [0.717, 1.165) is 0 Å². The van der Waals surface area contributed by atoms with Crippen molar-refractivity contribution in [2.24, 2.45) is 0 Å². The van der Waals surface area contributed by atoms with Gasteiger partial charge >= 0.3 is 6.09 Å². The predicted molar refractivity (Wildman–Crippen MR) is 52.2 cm³/mol. The highest BCUT2D eigenvalue weighted by molar-refractivity contribution is 5.68. The van der Waals surface area contributed by atoms with Crippen LogP contribution in [-0.4, -0.2) is 18.2 Å². The first-order chi connectivity index (χ1) is 5.95. The molecule has 0 rings (SSSR count). The van der Waals surface area contributed by atoms with E-state index in [4.69, 9.17) is 11.2 Å². The van der Waals surface area contributed by atoms with E-state index in [9.17, 15) is 4.79 Å². The van der Waals surface area contributed by atoms with Gasteiger partial charge in [0, 0.05) is 5.54 Å². The van der Waals surface area contributed by atoms with Crippen LogP contribution in [-0.2, 0) is 4.74 Å². The zero-order valence-corrected chi connectivity index (χ0v) is 8.26. The average Bonchev–Trinajstić information content (AvgIpc) is 1.94. The minimum atomic E-state index is -0.436. The van der Waals surface area contributed by atoms with Gasteiger partial charge in [-0.1, -0.05) is 5.92 Å². The Morgan fingerprint density at radius 1 is 1.62 bits per heavy atom. The Morgan fingerprint density at radius 2 is 2.23 bits per heavy atom. The molecule has 0 fully saturated rings. The molecular weight excluding hydrogens is 166 g/mol. The third-order valence-electron chi connectivity index (χ3n) is 1.00. The fraction of sp³-hybridized carbons (Fsp3) is 0.500. The molecule has 3 heteroatoms. The number of nitrogens with one attached hydrogen (secondary N) is 1. The number of terminal acetylenes is 1. The molecule has 0 saturated carbocycles. The second kappa shape index (κ2) is 5.26. The highest BCUT2D eigenvalue weighted by Crippen LogP contribution is 1.98. The van der Waals surface area contributed by atoms with E-state index in [1.807, 2.05) is 20.8 Å². The highest BCUT2D eigenvalue weighted by Gasteiger charge is 2.13. The lowest BCUT2D eigenvalue weighted by molar-refractivity contribution is 0.149. The van der Waals surface area contributed by atoms with E-state index in [1.54, 1.807) is 6.08 Å². The lowest BCUT2D eigenvalue weighted by Crippen LogP contribution is -2.40. The topological polar surface area (TPSA) is 38.3 Å². The van der Waals surface area contributed by atoms with Crippen molar-refractivity contribution in [3.05, 3.63) is 12.2 Å². The smallest absolute Gasteiger partial charge is 0.407 e. The van der Waals surface area contributed by atoms with E-state index >= 15 is 0 Å². The molecule has 3 nitrogen and oxygen atoms in total. The molecule has 0 spiro atoms. The average molecular weight is 181 g/mol. The standard InChI is InChI=1S/C10H15NO2/c1-5-6-7-8-13-9(12)11-10(2,3)4/h1,6-7H,8H2,2-4H3,(H,11,12)/b7-6+. The number of hydrogen-bond donors (Lipinski definition) is 1. The summed E-state index contributed by atoms with van der Waals surface area (Å²) in [7, 11) is 0. The molecule has 1 N–H and O–H groups in total. The number of hydrogen-bond acceptors (Lipinski definition) is 2. The Balaban J connectivity index is 3.66. The Kier molecular flexibility index (Phi) is 4.68. The van der Waals surface area contributed by atoms with Gasteiger partial charge in [-0.15, -0.1) is 6.42 Å². The van der Waals surface area contributed by atoms with Crippen LogP contribution >= 0.6 is 0 Å². The Bertz CT molecular complexity index is 230. The van der Waals surface area contributed by atoms with E-state index in [0.29, 0.717) is 0 Å². The van der Waals surface area contributed by atoms with E-state index < -0.39 is 6.09 Å². The van der Waals surface area contributed by atoms with E-state index in [-0.39, 0.29) is 12.1 Å². The van der Waals surface area contributed by atoms with Crippen LogP contribution < -0.4 is 5.32 Å². The second-order valence-corrected chi connectivity index (χ2v) is 3.54. The molecule has 13 heavy (non-hydrogen) atoms. The molecule has 1 amide bonds. The molecule has 0 aromatic heterocycles. The predicted octanol–water partition coefficient (Wildman–Crippen LogP) is 1.70. The van der Waals surface area contributed by atoms with Crippen LogP contribution in [0.2, 0.25) is 0 Å². The summed E-state index contributed by atoms with van der Waals surface area (Å²) in [5.74, 6) is 2.30. The Morgan fingerprint density at radius 3 is 2.69 bits per heavy atom. The van der Waals surface area contributed by atoms with Crippen molar-refractivity contribution in [2.75, 3.05) is 6.61 Å². The molecule has 0 heterocycles. The van der Waals surface area contributed by atoms with Crippen LogP contribution in [0.4, 0.5) is 4.79 Å². The van der Waals surface area contributed by atoms with Crippen molar-refractivity contribution in [1.29, 1.82) is 0 Å². The summed E-state index contributed by atoms with van der Waals surface area (Å²) in [4.78, 5) is 11.0. The maximum atomic E-state index is 11.0. The number of amides is 1. The molecule has 0 aliphatic rings. The minimum absolute atomic E-state index is 0.201. The van der Waals surface area contributed by atoms with Gasteiger partial charge in [0.1, 0.15) is 6.61 Å². The van der Waals surface area contributed by atoms with Crippen molar-refractivity contribution >= 4 is 6.09 Å². The van der Waals surface area contributed by atoms with Gasteiger partial charge in [0.2, 0.25) is 0 Å². The van der Waals surface area contributed by atoms with E-state index in [1.165, 1.54) is 6.08 Å². The first-order valence-corrected chi connectivity index (χ1v) is 4.02. The fourth-order valence-electron chi connectivity index (χ4n) is 0.582. The van der Waals surface area contributed by atoms with Crippen LogP contribution in [0, 0.1) is 12.3 Å². The zero-order chi connectivity index (χ0) is 10.3. The number of ether oxygens (including phenoxy) is 1. The molecule has 0 aromatic rings. The number of allylic oxidation sites excluding steroid dienone is 1. The normalized spacial score (nSPS) is 10.9. The summed E-state index contributed by atoms with van der Waals surface area (Å²) in [5.41, 5.74) is -0.271. The van der Waals surface area contributed by atoms with Gasteiger partial charge in [-0.2, -0.15) is 0 Å². The van der Waals surface area contributed by atoms with Gasteiger partial charge in [0.05, 0.1) is 0 Å². The number of carbonyl (C=O) groups is 1. The lowest BCUT2D eigenvalue weighted by atomic mass is 10.1. The van der Waals surface area contributed by atoms with Crippen molar-refractivity contribution < 1.29 is 9.53 Å². The van der Waals surface area contributed by atoms with Crippen LogP contribution in [0.3, 0.4) is 0 Å². The van der Waals surface area contributed by atoms with Crippen molar-refractivity contribution in [1.82, 2.24) is 5.32 Å². The van der Waals surface area contributed by atoms with Crippen LogP contribution in [0.5, 0.6) is 0 Å². The second-order valence-electron chi connectivity index (χ2n) is 3.54. The molecule has 0 bridgehead atoms. The molecule has 0 atom stereocenters. The minimum Gasteiger partial charge on any atom is -0.445 e. The lowest BCUT2D eigenvalue weighted by Gasteiger charge is -2.19. The maximum Gasteiger partial charge on any atom is 0.407 e. The summed E-state index contributed by atoms with van der Waals surface area (Å²) in [6, 6.07) is 0. The SMILES string of the molecule is C#C/C=C/COC(=O)NC(C)(C)C. The summed E-state index contributed by atoms with van der Waals surface area (Å²) >= 11 is 0. The number of rotatable bonds is 2. The summed E-state index contributed by atoms with van der Waals surface area (Å²) in [6.07, 6.45) is 7.61. The molecular formula is C10H15NO2. The summed E-state index contributed by atoms with van der Waals surface area (Å²) in [5, 5.41) is 2.65. The van der Waals surface area contributed by atoms with Gasteiger partial charge in [-0.3, -0.25) is 0 Å². The molecule has 0 aromatic carbocycles.